The van der Waals surface area contributed by atoms with E-state index < -0.39 is 0 Å². The van der Waals surface area contributed by atoms with Crippen LogP contribution in [-0.4, -0.2) is 25.7 Å². The van der Waals surface area contributed by atoms with Gasteiger partial charge in [0.2, 0.25) is 0 Å². The van der Waals surface area contributed by atoms with Crippen LogP contribution < -0.4 is 5.32 Å². The Kier molecular flexibility index (Phi) is 4.83. The van der Waals surface area contributed by atoms with Crippen molar-refractivity contribution in [3.8, 4) is 0 Å². The summed E-state index contributed by atoms with van der Waals surface area (Å²) in [4.78, 5) is 11.1. The third-order valence-corrected chi connectivity index (χ3v) is 2.47. The second-order valence-electron chi connectivity index (χ2n) is 3.61. The van der Waals surface area contributed by atoms with Gasteiger partial charge in [0, 0.05) is 0 Å². The molecular weight excluding hydrogens is 166 g/mol. The van der Waals surface area contributed by atoms with Gasteiger partial charge in [0.05, 0.1) is 13.2 Å². The molecule has 0 saturated heterocycles. The Morgan fingerprint density at radius 3 is 2.77 bits per heavy atom. The molecule has 1 aliphatic carbocycles. The summed E-state index contributed by atoms with van der Waals surface area (Å²) in [6.07, 6.45) is 5.06. The van der Waals surface area contributed by atoms with Crippen LogP contribution in [0.1, 0.15) is 32.6 Å². The van der Waals surface area contributed by atoms with E-state index in [1.165, 1.54) is 25.7 Å². The SMILES string of the molecule is CCNCC(=O)OCC1CCCC1. The van der Waals surface area contributed by atoms with Gasteiger partial charge in [-0.1, -0.05) is 19.8 Å². The summed E-state index contributed by atoms with van der Waals surface area (Å²) in [5, 5.41) is 2.95. The molecule has 0 aromatic heterocycles. The molecule has 76 valence electrons. The van der Waals surface area contributed by atoms with E-state index in [0.717, 1.165) is 6.54 Å². The molecule has 0 aromatic carbocycles. The largest absolute Gasteiger partial charge is 0.464 e. The van der Waals surface area contributed by atoms with Crippen molar-refractivity contribution in [1.82, 2.24) is 5.32 Å². The Morgan fingerprint density at radius 2 is 2.15 bits per heavy atom. The lowest BCUT2D eigenvalue weighted by Crippen LogP contribution is -2.25. The van der Waals surface area contributed by atoms with E-state index in [0.29, 0.717) is 19.1 Å². The normalized spacial score (nSPS) is 17.6. The van der Waals surface area contributed by atoms with E-state index in [4.69, 9.17) is 4.74 Å². The zero-order valence-corrected chi connectivity index (χ0v) is 8.34. The molecule has 1 fully saturated rings. The lowest BCUT2D eigenvalue weighted by molar-refractivity contribution is -0.143. The summed E-state index contributed by atoms with van der Waals surface area (Å²) in [5.41, 5.74) is 0. The number of likely N-dealkylation sites (N-methyl/N-ethyl adjacent to an activating group) is 1. The van der Waals surface area contributed by atoms with Gasteiger partial charge in [-0.3, -0.25) is 4.79 Å². The highest BCUT2D eigenvalue weighted by Crippen LogP contribution is 2.24. The molecule has 0 amide bonds. The molecule has 3 heteroatoms. The summed E-state index contributed by atoms with van der Waals surface area (Å²) < 4.78 is 5.13. The average Bonchev–Trinajstić information content (AvgIpc) is 2.64. The number of hydrogen-bond acceptors (Lipinski definition) is 3. The van der Waals surface area contributed by atoms with Gasteiger partial charge < -0.3 is 10.1 Å². The van der Waals surface area contributed by atoms with Gasteiger partial charge in [-0.2, -0.15) is 0 Å². The van der Waals surface area contributed by atoms with E-state index >= 15 is 0 Å². The smallest absolute Gasteiger partial charge is 0.319 e. The molecule has 1 aliphatic rings. The van der Waals surface area contributed by atoms with Gasteiger partial charge >= 0.3 is 5.97 Å². The zero-order valence-electron chi connectivity index (χ0n) is 8.34. The van der Waals surface area contributed by atoms with Crippen LogP contribution in [0.15, 0.2) is 0 Å². The minimum Gasteiger partial charge on any atom is -0.464 e. The van der Waals surface area contributed by atoms with E-state index in [1.807, 2.05) is 6.92 Å². The molecule has 0 aliphatic heterocycles. The number of carbonyl (C=O) groups excluding carboxylic acids is 1. The maximum absolute atomic E-state index is 11.1. The Balaban J connectivity index is 2.00. The first kappa shape index (κ1) is 10.5. The molecule has 0 heterocycles. The van der Waals surface area contributed by atoms with Crippen LogP contribution in [-0.2, 0) is 9.53 Å². The Bertz CT molecular complexity index is 153. The minimum atomic E-state index is -0.117. The minimum absolute atomic E-state index is 0.117. The van der Waals surface area contributed by atoms with Gasteiger partial charge in [0.1, 0.15) is 0 Å². The van der Waals surface area contributed by atoms with Crippen LogP contribution in [0.2, 0.25) is 0 Å². The monoisotopic (exact) mass is 185 g/mol. The van der Waals surface area contributed by atoms with Crippen molar-refractivity contribution in [3.05, 3.63) is 0 Å². The van der Waals surface area contributed by atoms with Gasteiger partial charge in [0.25, 0.3) is 0 Å². The Hall–Kier alpha value is -0.570. The third kappa shape index (κ3) is 4.27. The maximum Gasteiger partial charge on any atom is 0.319 e. The highest BCUT2D eigenvalue weighted by Gasteiger charge is 2.16. The molecule has 0 bridgehead atoms. The quantitative estimate of drug-likeness (QED) is 0.657. The highest BCUT2D eigenvalue weighted by atomic mass is 16.5. The molecule has 0 aromatic rings. The summed E-state index contributed by atoms with van der Waals surface area (Å²) in [7, 11) is 0. The van der Waals surface area contributed by atoms with Crippen molar-refractivity contribution in [2.24, 2.45) is 5.92 Å². The number of nitrogens with one attached hydrogen (secondary N) is 1. The highest BCUT2D eigenvalue weighted by molar-refractivity contribution is 5.71. The van der Waals surface area contributed by atoms with E-state index in [1.54, 1.807) is 0 Å². The number of ether oxygens (including phenoxy) is 1. The van der Waals surface area contributed by atoms with Crippen LogP contribution in [0.3, 0.4) is 0 Å². The van der Waals surface area contributed by atoms with E-state index in [-0.39, 0.29) is 5.97 Å². The van der Waals surface area contributed by atoms with Crippen LogP contribution in [0.25, 0.3) is 0 Å². The second kappa shape index (κ2) is 5.97. The fourth-order valence-corrected chi connectivity index (χ4v) is 1.67. The lowest BCUT2D eigenvalue weighted by atomic mass is 10.1. The summed E-state index contributed by atoms with van der Waals surface area (Å²) in [6.45, 7) is 3.77. The average molecular weight is 185 g/mol. The summed E-state index contributed by atoms with van der Waals surface area (Å²) >= 11 is 0. The first-order chi connectivity index (χ1) is 6.33. The van der Waals surface area contributed by atoms with Gasteiger partial charge in [-0.25, -0.2) is 0 Å². The van der Waals surface area contributed by atoms with Gasteiger partial charge in [-0.15, -0.1) is 0 Å². The molecule has 1 N–H and O–H groups in total. The van der Waals surface area contributed by atoms with E-state index in [9.17, 15) is 4.79 Å². The zero-order chi connectivity index (χ0) is 9.52. The topological polar surface area (TPSA) is 38.3 Å². The lowest BCUT2D eigenvalue weighted by Gasteiger charge is -2.09. The molecule has 3 nitrogen and oxygen atoms in total. The summed E-state index contributed by atoms with van der Waals surface area (Å²) in [5.74, 6) is 0.513. The number of hydrogen-bond donors (Lipinski definition) is 1. The summed E-state index contributed by atoms with van der Waals surface area (Å²) in [6, 6.07) is 0. The molecule has 0 radical (unpaired) electrons. The fourth-order valence-electron chi connectivity index (χ4n) is 1.67. The fraction of sp³-hybridized carbons (Fsp3) is 0.900. The molecule has 1 saturated carbocycles. The van der Waals surface area contributed by atoms with Crippen molar-refractivity contribution in [2.75, 3.05) is 19.7 Å². The van der Waals surface area contributed by atoms with Crippen molar-refractivity contribution >= 4 is 5.97 Å². The van der Waals surface area contributed by atoms with Gasteiger partial charge in [0.15, 0.2) is 0 Å². The molecular formula is C10H19NO2. The van der Waals surface area contributed by atoms with Crippen LogP contribution in [0.4, 0.5) is 0 Å². The first-order valence-corrected chi connectivity index (χ1v) is 5.19. The predicted molar refractivity (Wildman–Crippen MR) is 51.5 cm³/mol. The van der Waals surface area contributed by atoms with Gasteiger partial charge in [-0.05, 0) is 25.3 Å². The van der Waals surface area contributed by atoms with E-state index in [2.05, 4.69) is 5.32 Å². The Morgan fingerprint density at radius 1 is 1.46 bits per heavy atom. The van der Waals surface area contributed by atoms with Crippen LogP contribution in [0.5, 0.6) is 0 Å². The number of rotatable bonds is 5. The number of esters is 1. The third-order valence-electron chi connectivity index (χ3n) is 2.47. The molecule has 0 unspecified atom stereocenters. The Labute approximate surface area is 79.8 Å². The first-order valence-electron chi connectivity index (χ1n) is 5.19. The molecule has 1 rings (SSSR count). The van der Waals surface area contributed by atoms with Crippen LogP contribution in [0, 0.1) is 5.92 Å². The van der Waals surface area contributed by atoms with Crippen molar-refractivity contribution in [2.45, 2.75) is 32.6 Å². The van der Waals surface area contributed by atoms with Crippen molar-refractivity contribution in [1.29, 1.82) is 0 Å². The van der Waals surface area contributed by atoms with Crippen molar-refractivity contribution < 1.29 is 9.53 Å². The standard InChI is InChI=1S/C10H19NO2/c1-2-11-7-10(12)13-8-9-5-3-4-6-9/h9,11H,2-8H2,1H3. The molecule has 13 heavy (non-hydrogen) atoms. The second-order valence-corrected chi connectivity index (χ2v) is 3.61. The molecule has 0 spiro atoms. The number of carbonyl (C=O) groups is 1. The predicted octanol–water partition coefficient (Wildman–Crippen LogP) is 1.33. The van der Waals surface area contributed by atoms with Crippen molar-refractivity contribution in [3.63, 3.8) is 0 Å². The maximum atomic E-state index is 11.1. The molecule has 0 atom stereocenters. The van der Waals surface area contributed by atoms with Crippen LogP contribution >= 0.6 is 0 Å².